The monoisotopic (exact) mass is 419 g/mol. The number of nitrogens with one attached hydrogen (secondary N) is 1. The van der Waals surface area contributed by atoms with Crippen molar-refractivity contribution in [1.29, 1.82) is 0 Å². The van der Waals surface area contributed by atoms with Crippen LogP contribution in [0, 0.1) is 19.7 Å². The zero-order valence-corrected chi connectivity index (χ0v) is 17.5. The van der Waals surface area contributed by atoms with Crippen molar-refractivity contribution in [2.24, 2.45) is 0 Å². The molecule has 1 amide bonds. The van der Waals surface area contributed by atoms with E-state index in [9.17, 15) is 9.18 Å². The number of hydrogen-bond donors (Lipinski definition) is 1. The Bertz CT molecular complexity index is 1200. The predicted octanol–water partition coefficient (Wildman–Crippen LogP) is 4.23. The van der Waals surface area contributed by atoms with E-state index in [2.05, 4.69) is 20.4 Å². The molecule has 4 rings (SSSR count). The van der Waals surface area contributed by atoms with E-state index in [0.29, 0.717) is 22.9 Å². The molecule has 0 aliphatic carbocycles. The SMILES string of the molecule is Cc1ccc([C@@H](C)NC(=O)Cn2cc(-c3noc(-c4ccc(F)cc4)n3)nc2C)cc1. The van der Waals surface area contributed by atoms with Crippen molar-refractivity contribution in [3.8, 4) is 23.0 Å². The van der Waals surface area contributed by atoms with Crippen molar-refractivity contribution in [1.82, 2.24) is 25.0 Å². The molecule has 0 fully saturated rings. The lowest BCUT2D eigenvalue weighted by Crippen LogP contribution is -2.30. The molecular weight excluding hydrogens is 397 g/mol. The number of rotatable bonds is 6. The van der Waals surface area contributed by atoms with Gasteiger partial charge >= 0.3 is 0 Å². The molecule has 0 bridgehead atoms. The average Bonchev–Trinajstić information content (AvgIpc) is 3.36. The van der Waals surface area contributed by atoms with Gasteiger partial charge in [-0.05, 0) is 50.6 Å². The molecule has 0 radical (unpaired) electrons. The molecular formula is C23H22FN5O2. The highest BCUT2D eigenvalue weighted by molar-refractivity contribution is 5.76. The minimum Gasteiger partial charge on any atom is -0.348 e. The standard InChI is InChI=1S/C23H22FN5O2/c1-14-4-6-17(7-5-14)15(2)25-21(30)13-29-12-20(26-16(29)3)22-27-23(31-28-22)18-8-10-19(24)11-9-18/h4-12,15H,13H2,1-3H3,(H,25,30)/t15-/m1/s1. The Balaban J connectivity index is 1.44. The van der Waals surface area contributed by atoms with Gasteiger partial charge in [0.1, 0.15) is 23.9 Å². The second kappa shape index (κ2) is 8.51. The summed E-state index contributed by atoms with van der Waals surface area (Å²) in [7, 11) is 0. The van der Waals surface area contributed by atoms with Gasteiger partial charge in [0.05, 0.1) is 6.04 Å². The molecule has 158 valence electrons. The van der Waals surface area contributed by atoms with Crippen LogP contribution in [0.25, 0.3) is 23.0 Å². The van der Waals surface area contributed by atoms with Gasteiger partial charge in [0.15, 0.2) is 0 Å². The third kappa shape index (κ3) is 4.69. The molecule has 1 N–H and O–H groups in total. The van der Waals surface area contributed by atoms with Crippen LogP contribution in [0.1, 0.15) is 29.9 Å². The van der Waals surface area contributed by atoms with Crippen molar-refractivity contribution >= 4 is 5.91 Å². The van der Waals surface area contributed by atoms with Gasteiger partial charge in [-0.3, -0.25) is 4.79 Å². The highest BCUT2D eigenvalue weighted by Gasteiger charge is 2.17. The Hall–Kier alpha value is -3.81. The molecule has 0 spiro atoms. The normalized spacial score (nSPS) is 12.0. The number of halogens is 1. The number of nitrogens with zero attached hydrogens (tertiary/aromatic N) is 4. The second-order valence-corrected chi connectivity index (χ2v) is 7.43. The highest BCUT2D eigenvalue weighted by atomic mass is 19.1. The molecule has 2 aromatic carbocycles. The lowest BCUT2D eigenvalue weighted by atomic mass is 10.1. The van der Waals surface area contributed by atoms with Crippen LogP contribution >= 0.6 is 0 Å². The minimum atomic E-state index is -0.340. The van der Waals surface area contributed by atoms with E-state index in [-0.39, 0.29) is 30.2 Å². The van der Waals surface area contributed by atoms with Crippen LogP contribution < -0.4 is 5.32 Å². The minimum absolute atomic E-state index is 0.105. The molecule has 0 saturated carbocycles. The molecule has 7 nitrogen and oxygen atoms in total. The summed E-state index contributed by atoms with van der Waals surface area (Å²) in [5.74, 6) is 0.760. The van der Waals surface area contributed by atoms with E-state index >= 15 is 0 Å². The first-order valence-corrected chi connectivity index (χ1v) is 9.89. The fourth-order valence-corrected chi connectivity index (χ4v) is 3.19. The summed E-state index contributed by atoms with van der Waals surface area (Å²) in [6.07, 6.45) is 1.71. The number of imidazole rings is 1. The van der Waals surface area contributed by atoms with Crippen LogP contribution in [0.5, 0.6) is 0 Å². The van der Waals surface area contributed by atoms with E-state index in [0.717, 1.165) is 5.56 Å². The van der Waals surface area contributed by atoms with Gasteiger partial charge in [-0.1, -0.05) is 35.0 Å². The summed E-state index contributed by atoms with van der Waals surface area (Å²) < 4.78 is 20.1. The molecule has 2 heterocycles. The van der Waals surface area contributed by atoms with Crippen LogP contribution in [0.2, 0.25) is 0 Å². The molecule has 0 aliphatic rings. The van der Waals surface area contributed by atoms with Crippen molar-refractivity contribution in [2.45, 2.75) is 33.4 Å². The van der Waals surface area contributed by atoms with E-state index in [1.165, 1.54) is 17.7 Å². The molecule has 8 heteroatoms. The van der Waals surface area contributed by atoms with E-state index in [1.54, 1.807) is 29.8 Å². The lowest BCUT2D eigenvalue weighted by molar-refractivity contribution is -0.122. The number of aryl methyl sites for hydroxylation is 2. The van der Waals surface area contributed by atoms with Crippen LogP contribution in [-0.2, 0) is 11.3 Å². The molecule has 31 heavy (non-hydrogen) atoms. The van der Waals surface area contributed by atoms with Crippen molar-refractivity contribution < 1.29 is 13.7 Å². The maximum absolute atomic E-state index is 13.1. The second-order valence-electron chi connectivity index (χ2n) is 7.43. The first kappa shape index (κ1) is 20.5. The van der Waals surface area contributed by atoms with E-state index in [4.69, 9.17) is 4.52 Å². The Morgan fingerprint density at radius 3 is 2.52 bits per heavy atom. The van der Waals surface area contributed by atoms with Crippen LogP contribution in [0.3, 0.4) is 0 Å². The number of carbonyl (C=O) groups excluding carboxylic acids is 1. The molecule has 4 aromatic rings. The Kier molecular flexibility index (Phi) is 5.62. The Labute approximate surface area is 178 Å². The van der Waals surface area contributed by atoms with Crippen molar-refractivity contribution in [3.05, 3.63) is 77.5 Å². The lowest BCUT2D eigenvalue weighted by Gasteiger charge is -2.15. The van der Waals surface area contributed by atoms with E-state index in [1.807, 2.05) is 38.1 Å². The topological polar surface area (TPSA) is 85.8 Å². The third-order valence-corrected chi connectivity index (χ3v) is 4.99. The summed E-state index contributed by atoms with van der Waals surface area (Å²) >= 11 is 0. The van der Waals surface area contributed by atoms with Gasteiger partial charge < -0.3 is 14.4 Å². The number of hydrogen-bond acceptors (Lipinski definition) is 5. The fourth-order valence-electron chi connectivity index (χ4n) is 3.19. The summed E-state index contributed by atoms with van der Waals surface area (Å²) in [6, 6.07) is 13.7. The van der Waals surface area contributed by atoms with Gasteiger partial charge in [0.25, 0.3) is 5.89 Å². The zero-order valence-electron chi connectivity index (χ0n) is 17.5. The van der Waals surface area contributed by atoms with Crippen LogP contribution in [0.15, 0.2) is 59.3 Å². The first-order chi connectivity index (χ1) is 14.9. The summed E-state index contributed by atoms with van der Waals surface area (Å²) in [4.78, 5) is 21.3. The van der Waals surface area contributed by atoms with Crippen molar-refractivity contribution in [2.75, 3.05) is 0 Å². The number of benzene rings is 2. The van der Waals surface area contributed by atoms with Crippen LogP contribution in [0.4, 0.5) is 4.39 Å². The van der Waals surface area contributed by atoms with Gasteiger partial charge in [-0.25, -0.2) is 9.37 Å². The number of carbonyl (C=O) groups is 1. The van der Waals surface area contributed by atoms with Crippen molar-refractivity contribution in [3.63, 3.8) is 0 Å². The maximum atomic E-state index is 13.1. The number of amides is 1. The largest absolute Gasteiger partial charge is 0.348 e. The third-order valence-electron chi connectivity index (χ3n) is 4.99. The predicted molar refractivity (Wildman–Crippen MR) is 113 cm³/mol. The molecule has 0 saturated heterocycles. The summed E-state index contributed by atoms with van der Waals surface area (Å²) in [5.41, 5.74) is 3.32. The van der Waals surface area contributed by atoms with Gasteiger partial charge in [0.2, 0.25) is 11.7 Å². The number of aromatic nitrogens is 4. The van der Waals surface area contributed by atoms with Gasteiger partial charge in [0, 0.05) is 11.8 Å². The van der Waals surface area contributed by atoms with Gasteiger partial charge in [-0.2, -0.15) is 4.98 Å². The summed E-state index contributed by atoms with van der Waals surface area (Å²) in [5, 5.41) is 6.96. The molecule has 1 atom stereocenters. The fraction of sp³-hybridized carbons (Fsp3) is 0.217. The Morgan fingerprint density at radius 1 is 1.10 bits per heavy atom. The maximum Gasteiger partial charge on any atom is 0.258 e. The molecule has 2 aromatic heterocycles. The Morgan fingerprint density at radius 2 is 1.81 bits per heavy atom. The highest BCUT2D eigenvalue weighted by Crippen LogP contribution is 2.22. The summed E-state index contributed by atoms with van der Waals surface area (Å²) in [6.45, 7) is 5.91. The molecule has 0 unspecified atom stereocenters. The van der Waals surface area contributed by atoms with E-state index < -0.39 is 0 Å². The quantitative estimate of drug-likeness (QED) is 0.505. The van der Waals surface area contributed by atoms with Gasteiger partial charge in [-0.15, -0.1) is 0 Å². The first-order valence-electron chi connectivity index (χ1n) is 9.89. The molecule has 0 aliphatic heterocycles. The van der Waals surface area contributed by atoms with Crippen LogP contribution in [-0.4, -0.2) is 25.6 Å². The zero-order chi connectivity index (χ0) is 22.0. The average molecular weight is 419 g/mol. The smallest absolute Gasteiger partial charge is 0.258 e.